The van der Waals surface area contributed by atoms with E-state index in [1.165, 1.54) is 48.4 Å². The van der Waals surface area contributed by atoms with Gasteiger partial charge in [0, 0.05) is 47.9 Å². The molecule has 12 aromatic rings. The van der Waals surface area contributed by atoms with Gasteiger partial charge in [-0.1, -0.05) is 168 Å². The first-order chi connectivity index (χ1) is 58.3. The quantitative estimate of drug-likeness (QED) is 0.0313. The first-order valence-corrected chi connectivity index (χ1v) is 42.5. The van der Waals surface area contributed by atoms with Gasteiger partial charge in [-0.25, -0.2) is 39.9 Å². The number of phenolic OH excluding ortho intramolecular Hbond substituents is 4. The highest BCUT2D eigenvalue weighted by atomic mass is 16.3. The fraction of sp³-hybridized carbons (Fsp3) is 0.320. The molecule has 4 heterocycles. The minimum atomic E-state index is -0.147. The summed E-state index contributed by atoms with van der Waals surface area (Å²) in [7, 11) is 0. The van der Waals surface area contributed by atoms with Crippen molar-refractivity contribution >= 4 is 46.9 Å². The molecule has 8 aromatic carbocycles. The maximum atomic E-state index is 12.9. The molecule has 614 valence electrons. The summed E-state index contributed by atoms with van der Waals surface area (Å²) in [6.07, 6.45) is 20.1. The zero-order valence-electron chi connectivity index (χ0n) is 69.2. The molecule has 4 amide bonds. The maximum absolute atomic E-state index is 12.9. The van der Waals surface area contributed by atoms with Crippen molar-refractivity contribution < 1.29 is 39.6 Å². The van der Waals surface area contributed by atoms with E-state index in [1.54, 1.807) is 30.3 Å². The smallest absolute Gasteiger partial charge is 0.228 e. The van der Waals surface area contributed by atoms with Gasteiger partial charge in [-0.2, -0.15) is 0 Å². The number of carbonyl (C=O) groups is 4. The van der Waals surface area contributed by atoms with E-state index < -0.39 is 0 Å². The fourth-order valence-electron chi connectivity index (χ4n) is 16.4. The first kappa shape index (κ1) is 83.6. The van der Waals surface area contributed by atoms with Crippen molar-refractivity contribution in [2.75, 3.05) is 21.3 Å². The maximum Gasteiger partial charge on any atom is 0.228 e. The number of benzene rings is 8. The lowest BCUT2D eigenvalue weighted by atomic mass is 9.87. The van der Waals surface area contributed by atoms with Crippen molar-refractivity contribution in [2.45, 2.75) is 189 Å². The molecule has 0 bridgehead atoms. The third kappa shape index (κ3) is 21.7. The molecule has 1 atom stereocenters. The number of anilines is 4. The summed E-state index contributed by atoms with van der Waals surface area (Å²) < 4.78 is 0. The standard InChI is InChI=1S/C28H31N3O2.2C25H27N3O2.C22H21N3O2/c32-22-13-14-23-21(18-22)12-16-24-27(23)29-25(15-11-19-7-3-1-4-8-19)28(30-24)31-26(33)17-20-9-5-2-6-10-20;1-16(2)14-23(30)28-25-22(12-8-17-6-4-3-5-7-17)26-24-20-11-10-19(29)15-18(20)9-13-21(24)27-25;1-3-16(2)25(30)28-24-22(13-9-17-7-5-4-6-8-17)26-23-20-12-11-19(29)15-18(20)10-14-21(23)27-24;1-14(26)23-22-20(11-7-15-5-3-2-4-6-15)24-21-18-10-9-17(27)13-16(18)8-12-19(21)25-22/h1,3-4,7-8,13-14,18,20,32H,2,5-6,9-12,15-17H2,(H,30,31,33);3-7,10-11,15-16,29H,8-9,12-14H2,1-2H3,(H,27,28,30);4-8,11-12,15-16,29H,3,9-10,13-14H2,1-2H3,(H,27,28,30);2-6,9-10,13,27H,7-8,11-12H2,1H3,(H,23,25,26). The van der Waals surface area contributed by atoms with E-state index in [0.29, 0.717) is 67.7 Å². The SMILES string of the molecule is CC(=O)Nc1nc2c(nc1CCc1ccccc1)-c1ccc(O)cc1CC2.CC(C)CC(=O)Nc1nc2c(nc1CCc1ccccc1)-c1ccc(O)cc1CC2.CCC(C)C(=O)Nc1nc2c(nc1CCc1ccccc1)-c1ccc(O)cc1CC2.O=C(CC1CCCCC1)Nc1nc2c(nc1CCc1ccccc1)-c1ccc(O)cc1CC2. The van der Waals surface area contributed by atoms with Gasteiger partial charge in [0.05, 0.1) is 68.3 Å². The molecule has 5 aliphatic carbocycles. The number of aryl methyl sites for hydroxylation is 16. The summed E-state index contributed by atoms with van der Waals surface area (Å²) in [6.45, 7) is 9.47. The molecule has 20 heteroatoms. The Morgan fingerprint density at radius 2 is 0.658 bits per heavy atom. The third-order valence-electron chi connectivity index (χ3n) is 22.9. The molecule has 20 nitrogen and oxygen atoms in total. The Bertz CT molecular complexity index is 5650. The van der Waals surface area contributed by atoms with Gasteiger partial charge in [-0.15, -0.1) is 0 Å². The van der Waals surface area contributed by atoms with Gasteiger partial charge in [0.1, 0.15) is 23.0 Å². The molecule has 17 rings (SSSR count). The number of phenols is 4. The van der Waals surface area contributed by atoms with Crippen LogP contribution in [0.25, 0.3) is 45.0 Å². The first-order valence-electron chi connectivity index (χ1n) is 42.5. The Kier molecular flexibility index (Phi) is 27.6. The molecule has 0 radical (unpaired) electrons. The number of carbonyl (C=O) groups excluding carboxylic acids is 4. The van der Waals surface area contributed by atoms with Crippen LogP contribution in [0.5, 0.6) is 23.0 Å². The van der Waals surface area contributed by atoms with E-state index in [4.69, 9.17) is 39.9 Å². The van der Waals surface area contributed by atoms with Gasteiger partial charge in [0.15, 0.2) is 23.3 Å². The van der Waals surface area contributed by atoms with E-state index in [9.17, 15) is 39.6 Å². The number of fused-ring (bicyclic) bond motifs is 12. The van der Waals surface area contributed by atoms with Crippen molar-refractivity contribution in [3.05, 3.63) is 284 Å². The van der Waals surface area contributed by atoms with E-state index in [1.807, 2.05) is 143 Å². The highest BCUT2D eigenvalue weighted by molar-refractivity contribution is 5.93. The van der Waals surface area contributed by atoms with Crippen molar-refractivity contribution in [2.24, 2.45) is 17.8 Å². The third-order valence-corrected chi connectivity index (χ3v) is 22.9. The van der Waals surface area contributed by atoms with Crippen molar-refractivity contribution in [3.63, 3.8) is 0 Å². The normalized spacial score (nSPS) is 13.4. The zero-order valence-corrected chi connectivity index (χ0v) is 69.2. The summed E-state index contributed by atoms with van der Waals surface area (Å²) in [5.41, 5.74) is 23.6. The summed E-state index contributed by atoms with van der Waals surface area (Å²) in [6, 6.07) is 62.7. The molecule has 0 saturated heterocycles. The summed E-state index contributed by atoms with van der Waals surface area (Å²) in [4.78, 5) is 88.8. The monoisotopic (exact) mass is 1600 g/mol. The summed E-state index contributed by atoms with van der Waals surface area (Å²) in [5.74, 6) is 3.97. The molecule has 1 unspecified atom stereocenters. The Morgan fingerprint density at radius 1 is 0.358 bits per heavy atom. The molecule has 0 aliphatic heterocycles. The van der Waals surface area contributed by atoms with Crippen molar-refractivity contribution in [3.8, 4) is 68.0 Å². The molecule has 8 N–H and O–H groups in total. The summed E-state index contributed by atoms with van der Waals surface area (Å²) >= 11 is 0. The lowest BCUT2D eigenvalue weighted by Crippen LogP contribution is -2.23. The minimum absolute atomic E-state index is 0.0196. The Balaban J connectivity index is 0.000000131. The van der Waals surface area contributed by atoms with Crippen LogP contribution in [-0.4, -0.2) is 83.9 Å². The number of rotatable bonds is 22. The van der Waals surface area contributed by atoms with Crippen LogP contribution in [0.2, 0.25) is 0 Å². The number of nitrogens with zero attached hydrogens (tertiary/aromatic N) is 8. The molecular weight excluding hydrogens is 1500 g/mol. The van der Waals surface area contributed by atoms with Crippen LogP contribution in [0, 0.1) is 17.8 Å². The van der Waals surface area contributed by atoms with E-state index in [-0.39, 0.29) is 58.5 Å². The van der Waals surface area contributed by atoms with E-state index in [0.717, 1.165) is 209 Å². The largest absolute Gasteiger partial charge is 0.508 e. The molecule has 120 heavy (non-hydrogen) atoms. The van der Waals surface area contributed by atoms with Crippen molar-refractivity contribution in [1.82, 2.24) is 39.9 Å². The number of nitrogens with one attached hydrogen (secondary N) is 4. The van der Waals surface area contributed by atoms with Gasteiger partial charge < -0.3 is 41.7 Å². The van der Waals surface area contributed by atoms with Crippen LogP contribution in [0.4, 0.5) is 23.3 Å². The molecule has 4 aromatic heterocycles. The highest BCUT2D eigenvalue weighted by Crippen LogP contribution is 2.41. The topological polar surface area (TPSA) is 300 Å². The molecule has 5 aliphatic rings. The second-order valence-corrected chi connectivity index (χ2v) is 32.4. The average Bonchev–Trinajstić information content (AvgIpc) is 0.787. The van der Waals surface area contributed by atoms with Crippen LogP contribution in [0.15, 0.2) is 194 Å². The Labute approximate surface area is 702 Å². The van der Waals surface area contributed by atoms with Crippen LogP contribution in [0.1, 0.15) is 176 Å². The van der Waals surface area contributed by atoms with Crippen LogP contribution in [0.3, 0.4) is 0 Å². The highest BCUT2D eigenvalue weighted by Gasteiger charge is 2.29. The molecule has 1 saturated carbocycles. The minimum Gasteiger partial charge on any atom is -0.508 e. The lowest BCUT2D eigenvalue weighted by Gasteiger charge is -2.23. The Morgan fingerprint density at radius 3 is 0.958 bits per heavy atom. The molecular formula is C100H106N12O8. The Hall–Kier alpha value is -12.8. The second kappa shape index (κ2) is 39.6. The van der Waals surface area contributed by atoms with Gasteiger partial charge in [0.2, 0.25) is 23.6 Å². The number of hydrogen-bond acceptors (Lipinski definition) is 16. The van der Waals surface area contributed by atoms with E-state index in [2.05, 4.69) is 69.8 Å². The van der Waals surface area contributed by atoms with Crippen LogP contribution >= 0.6 is 0 Å². The number of amides is 4. The van der Waals surface area contributed by atoms with Gasteiger partial charge in [0.25, 0.3) is 0 Å². The zero-order chi connectivity index (χ0) is 83.6. The van der Waals surface area contributed by atoms with Gasteiger partial charge >= 0.3 is 0 Å². The molecule has 0 spiro atoms. The van der Waals surface area contributed by atoms with Crippen LogP contribution in [-0.2, 0) is 122 Å². The van der Waals surface area contributed by atoms with Gasteiger partial charge in [-0.05, 0) is 251 Å². The number of aromatic nitrogens is 8. The predicted octanol–water partition coefficient (Wildman–Crippen LogP) is 18.8. The van der Waals surface area contributed by atoms with Crippen molar-refractivity contribution in [1.29, 1.82) is 0 Å². The lowest BCUT2D eigenvalue weighted by molar-refractivity contribution is -0.119. The summed E-state index contributed by atoms with van der Waals surface area (Å²) in [5, 5.41) is 51.3. The number of aromatic hydroxyl groups is 4. The van der Waals surface area contributed by atoms with E-state index >= 15 is 0 Å². The van der Waals surface area contributed by atoms with Crippen LogP contribution < -0.4 is 21.3 Å². The number of hydrogen-bond donors (Lipinski definition) is 8. The molecule has 1 fully saturated rings. The predicted molar refractivity (Wildman–Crippen MR) is 472 cm³/mol. The fourth-order valence-corrected chi connectivity index (χ4v) is 16.4. The second-order valence-electron chi connectivity index (χ2n) is 32.4. The van der Waals surface area contributed by atoms with Gasteiger partial charge in [-0.3, -0.25) is 19.2 Å². The average molecular weight is 1600 g/mol.